The zero-order chi connectivity index (χ0) is 31.7. The second-order valence-corrected chi connectivity index (χ2v) is 8.77. The maximum Gasteiger partial charge on any atom is 0.0994 e. The number of piperidine rings is 2. The minimum Gasteiger partial charge on any atom is -0.358 e. The zero-order valence-corrected chi connectivity index (χ0v) is 31.9. The Morgan fingerprint density at radius 2 is 0.628 bits per heavy atom. The number of rotatable bonds is 4. The average Bonchev–Trinajstić information content (AvgIpc) is 2.95. The summed E-state index contributed by atoms with van der Waals surface area (Å²) < 4.78 is 0. The van der Waals surface area contributed by atoms with E-state index < -0.39 is 0 Å². The van der Waals surface area contributed by atoms with Crippen LogP contribution in [0.1, 0.15) is 199 Å². The van der Waals surface area contributed by atoms with Gasteiger partial charge in [-0.15, -0.1) is 0 Å². The monoisotopic (exact) mass is 615 g/mol. The summed E-state index contributed by atoms with van der Waals surface area (Å²) in [6.07, 6.45) is 7.64. The van der Waals surface area contributed by atoms with E-state index in [0.29, 0.717) is 24.2 Å². The first-order valence-corrected chi connectivity index (χ1v) is 16.9. The van der Waals surface area contributed by atoms with Crippen LogP contribution < -0.4 is 0 Å². The van der Waals surface area contributed by atoms with Crippen LogP contribution in [0, 0.1) is 0 Å². The SMILES string of the molecule is C.C.C.CC.CC.CC.CC.CC.CC.CC(C)N=C1CCCCN1C(C)C.CC(C)N=C1CCCCN1C(C)C.[B].[B]. The molecule has 0 aromatic heterocycles. The third-order valence-corrected chi connectivity index (χ3v) is 4.82. The summed E-state index contributed by atoms with van der Waals surface area (Å²) in [4.78, 5) is 14.3. The molecule has 4 nitrogen and oxygen atoms in total. The molecule has 0 aromatic carbocycles. The number of nitrogens with zero attached hydrogens (tertiary/aromatic N) is 4. The van der Waals surface area contributed by atoms with Gasteiger partial charge in [-0.25, -0.2) is 0 Å². The van der Waals surface area contributed by atoms with Crippen LogP contribution in [-0.4, -0.2) is 75.6 Å². The molecule has 2 heterocycles. The van der Waals surface area contributed by atoms with E-state index in [1.165, 1.54) is 63.3 Å². The number of amidine groups is 2. The fourth-order valence-corrected chi connectivity index (χ4v) is 3.66. The quantitative estimate of drug-likeness (QED) is 0.295. The topological polar surface area (TPSA) is 31.2 Å². The summed E-state index contributed by atoms with van der Waals surface area (Å²) in [6.45, 7) is 44.0. The Morgan fingerprint density at radius 1 is 0.419 bits per heavy atom. The van der Waals surface area contributed by atoms with Crippen LogP contribution in [-0.2, 0) is 0 Å². The van der Waals surface area contributed by atoms with Crippen molar-refractivity contribution in [3.8, 4) is 0 Å². The van der Waals surface area contributed by atoms with Crippen molar-refractivity contribution >= 4 is 28.5 Å². The maximum atomic E-state index is 4.68. The molecule has 0 spiro atoms. The van der Waals surface area contributed by atoms with E-state index in [2.05, 4.69) is 75.2 Å². The average molecular weight is 615 g/mol. The van der Waals surface area contributed by atoms with E-state index in [-0.39, 0.29) is 39.1 Å². The number of aliphatic imine (C=N–C) groups is 2. The zero-order valence-electron chi connectivity index (χ0n) is 31.9. The molecule has 6 radical (unpaired) electrons. The standard InChI is InChI=1S/2C11H22N2.6C2H6.3CH4.2B/c2*1-9(2)12-11-7-5-6-8-13(11)10(3)4;6*1-2;;;;;/h2*9-10H,5-8H2,1-4H3;6*1-2H3;3*1H4;;. The van der Waals surface area contributed by atoms with E-state index in [1.54, 1.807) is 0 Å². The molecule has 0 atom stereocenters. The summed E-state index contributed by atoms with van der Waals surface area (Å²) in [6, 6.07) is 2.10. The van der Waals surface area contributed by atoms with Crippen molar-refractivity contribution in [3.63, 3.8) is 0 Å². The molecular weight excluding hydrogens is 522 g/mol. The molecule has 0 saturated carbocycles. The molecular formula is C37H92B2N4. The van der Waals surface area contributed by atoms with E-state index in [4.69, 9.17) is 0 Å². The van der Waals surface area contributed by atoms with Crippen molar-refractivity contribution in [1.82, 2.24) is 9.80 Å². The van der Waals surface area contributed by atoms with Crippen molar-refractivity contribution < 1.29 is 0 Å². The molecule has 0 bridgehead atoms. The molecule has 2 saturated heterocycles. The van der Waals surface area contributed by atoms with E-state index >= 15 is 0 Å². The van der Waals surface area contributed by atoms with Crippen molar-refractivity contribution in [2.45, 2.75) is 223 Å². The minimum atomic E-state index is 0. The largest absolute Gasteiger partial charge is 0.358 e. The van der Waals surface area contributed by atoms with E-state index in [9.17, 15) is 0 Å². The first-order valence-electron chi connectivity index (χ1n) is 16.9. The van der Waals surface area contributed by atoms with E-state index in [1.807, 2.05) is 83.1 Å². The minimum absolute atomic E-state index is 0. The molecule has 2 rings (SSSR count). The van der Waals surface area contributed by atoms with Gasteiger partial charge in [0.05, 0.1) is 11.7 Å². The van der Waals surface area contributed by atoms with Crippen molar-refractivity contribution in [3.05, 3.63) is 0 Å². The Labute approximate surface area is 284 Å². The molecule has 0 N–H and O–H groups in total. The summed E-state index contributed by atoms with van der Waals surface area (Å²) in [5.74, 6) is 2.66. The van der Waals surface area contributed by atoms with Crippen LogP contribution in [0.15, 0.2) is 9.98 Å². The van der Waals surface area contributed by atoms with Crippen LogP contribution >= 0.6 is 0 Å². The molecule has 0 aliphatic carbocycles. The lowest BCUT2D eigenvalue weighted by atomic mass is 10.1. The number of hydrogen-bond acceptors (Lipinski definition) is 2. The molecule has 266 valence electrons. The Hall–Kier alpha value is -0.930. The number of likely N-dealkylation sites (tertiary alicyclic amines) is 2. The predicted octanol–water partition coefficient (Wildman–Crippen LogP) is 12.7. The highest BCUT2D eigenvalue weighted by molar-refractivity contribution is 5.83. The molecule has 6 heteroatoms. The van der Waals surface area contributed by atoms with Gasteiger partial charge in [0.15, 0.2) is 0 Å². The van der Waals surface area contributed by atoms with Gasteiger partial charge in [0.25, 0.3) is 0 Å². The van der Waals surface area contributed by atoms with Gasteiger partial charge in [-0.1, -0.05) is 105 Å². The molecule has 0 aromatic rings. The fourth-order valence-electron chi connectivity index (χ4n) is 3.66. The summed E-state index contributed by atoms with van der Waals surface area (Å²) in [7, 11) is 0. The normalized spacial score (nSPS) is 14.1. The van der Waals surface area contributed by atoms with Gasteiger partial charge >= 0.3 is 0 Å². The van der Waals surface area contributed by atoms with Gasteiger partial charge in [0.1, 0.15) is 0 Å². The second kappa shape index (κ2) is 60.3. The molecule has 2 aliphatic rings. The molecule has 43 heavy (non-hydrogen) atoms. The molecule has 0 amide bonds. The molecule has 2 aliphatic heterocycles. The Bertz CT molecular complexity index is 422. The number of hydrogen-bond donors (Lipinski definition) is 0. The predicted molar refractivity (Wildman–Crippen MR) is 216 cm³/mol. The van der Waals surface area contributed by atoms with Gasteiger partial charge in [0, 0.05) is 66.9 Å². The van der Waals surface area contributed by atoms with Crippen molar-refractivity contribution in [1.29, 1.82) is 0 Å². The van der Waals surface area contributed by atoms with Gasteiger partial charge in [0.2, 0.25) is 0 Å². The van der Waals surface area contributed by atoms with Crippen LogP contribution in [0.2, 0.25) is 0 Å². The lowest BCUT2D eigenvalue weighted by Crippen LogP contribution is -2.40. The molecule has 0 unspecified atom stereocenters. The van der Waals surface area contributed by atoms with Crippen molar-refractivity contribution in [2.75, 3.05) is 13.1 Å². The first kappa shape index (κ1) is 73.5. The maximum absolute atomic E-state index is 4.68. The Kier molecular flexibility index (Phi) is 103. The van der Waals surface area contributed by atoms with Gasteiger partial charge in [-0.3, -0.25) is 9.98 Å². The second-order valence-electron chi connectivity index (χ2n) is 8.77. The van der Waals surface area contributed by atoms with Crippen LogP contribution in [0.5, 0.6) is 0 Å². The lowest BCUT2D eigenvalue weighted by molar-refractivity contribution is 0.311. The highest BCUT2D eigenvalue weighted by Gasteiger charge is 2.19. The lowest BCUT2D eigenvalue weighted by Gasteiger charge is -2.34. The third kappa shape index (κ3) is 45.6. The Morgan fingerprint density at radius 3 is 0.791 bits per heavy atom. The van der Waals surface area contributed by atoms with E-state index in [0.717, 1.165) is 0 Å². The summed E-state index contributed by atoms with van der Waals surface area (Å²) in [5.41, 5.74) is 0. The van der Waals surface area contributed by atoms with Crippen LogP contribution in [0.25, 0.3) is 0 Å². The Balaban J connectivity index is -0.0000000360. The van der Waals surface area contributed by atoms with Crippen LogP contribution in [0.3, 0.4) is 0 Å². The highest BCUT2D eigenvalue weighted by atomic mass is 15.2. The first-order chi connectivity index (χ1) is 18.2. The fraction of sp³-hybridized carbons (Fsp3) is 0.946. The van der Waals surface area contributed by atoms with Crippen molar-refractivity contribution in [2.24, 2.45) is 9.98 Å². The molecule has 2 fully saturated rings. The van der Waals surface area contributed by atoms with Gasteiger partial charge in [-0.05, 0) is 81.1 Å². The summed E-state index contributed by atoms with van der Waals surface area (Å²) in [5, 5.41) is 0. The van der Waals surface area contributed by atoms with Crippen LogP contribution in [0.4, 0.5) is 0 Å². The van der Waals surface area contributed by atoms with Gasteiger partial charge in [-0.2, -0.15) is 0 Å². The smallest absolute Gasteiger partial charge is 0.0994 e. The van der Waals surface area contributed by atoms with Gasteiger partial charge < -0.3 is 9.80 Å². The third-order valence-electron chi connectivity index (χ3n) is 4.82. The summed E-state index contributed by atoms with van der Waals surface area (Å²) >= 11 is 0. The highest BCUT2D eigenvalue weighted by Crippen LogP contribution is 2.16.